The Balaban J connectivity index is 2.08. The van der Waals surface area contributed by atoms with Gasteiger partial charge >= 0.3 is 0 Å². The monoisotopic (exact) mass is 243 g/mol. The molecule has 1 amide bonds. The van der Waals surface area contributed by atoms with Gasteiger partial charge in [-0.2, -0.15) is 5.26 Å². The van der Waals surface area contributed by atoms with Crippen LogP contribution in [-0.4, -0.2) is 16.2 Å². The molecule has 0 aliphatic heterocycles. The van der Waals surface area contributed by atoms with Crippen LogP contribution in [0.25, 0.3) is 0 Å². The van der Waals surface area contributed by atoms with Gasteiger partial charge in [0.25, 0.3) is 5.91 Å². The first-order chi connectivity index (χ1) is 8.70. The molecule has 0 aliphatic carbocycles. The molecule has 7 heteroatoms. The van der Waals surface area contributed by atoms with Crippen molar-refractivity contribution < 1.29 is 9.42 Å². The molecule has 0 atom stereocenters. The fraction of sp³-hybridized carbons (Fsp3) is 0.0909. The lowest BCUT2D eigenvalue weighted by Crippen LogP contribution is -2.14. The van der Waals surface area contributed by atoms with Crippen LogP contribution < -0.4 is 11.1 Å². The molecule has 0 fully saturated rings. The zero-order valence-corrected chi connectivity index (χ0v) is 9.25. The summed E-state index contributed by atoms with van der Waals surface area (Å²) in [5.74, 6) is -0.560. The number of nitrogen functional groups attached to an aromatic ring is 1. The number of carbonyl (C=O) groups excluding carboxylic acids is 1. The number of hydrogen-bond acceptors (Lipinski definition) is 6. The van der Waals surface area contributed by atoms with Crippen LogP contribution in [0, 0.1) is 11.3 Å². The van der Waals surface area contributed by atoms with Gasteiger partial charge in [0.2, 0.25) is 11.5 Å². The number of nitriles is 1. The van der Waals surface area contributed by atoms with E-state index in [4.69, 9.17) is 11.0 Å². The number of nitrogens with one attached hydrogen (secondary N) is 1. The van der Waals surface area contributed by atoms with Crippen LogP contribution >= 0.6 is 0 Å². The third-order valence-corrected chi connectivity index (χ3v) is 2.22. The second-order valence-electron chi connectivity index (χ2n) is 3.48. The Kier molecular flexibility index (Phi) is 3.20. The zero-order valence-electron chi connectivity index (χ0n) is 9.25. The number of benzene rings is 1. The van der Waals surface area contributed by atoms with E-state index in [1.54, 1.807) is 24.3 Å². The molecular weight excluding hydrogens is 234 g/mol. The van der Waals surface area contributed by atoms with Gasteiger partial charge in [0.05, 0.1) is 12.5 Å². The van der Waals surface area contributed by atoms with Crippen LogP contribution in [0.15, 0.2) is 28.9 Å². The predicted octanol–water partition coefficient (Wildman–Crippen LogP) is 0.970. The summed E-state index contributed by atoms with van der Waals surface area (Å²) in [7, 11) is 0. The summed E-state index contributed by atoms with van der Waals surface area (Å²) in [4.78, 5) is 11.7. The van der Waals surface area contributed by atoms with Crippen molar-refractivity contribution in [1.82, 2.24) is 10.3 Å². The smallest absolute Gasteiger partial charge is 0.281 e. The Bertz CT molecular complexity index is 597. The number of aromatic nitrogens is 2. The molecule has 18 heavy (non-hydrogen) atoms. The van der Waals surface area contributed by atoms with E-state index in [1.807, 2.05) is 6.07 Å². The molecule has 2 rings (SSSR count). The van der Waals surface area contributed by atoms with Crippen LogP contribution in [0.1, 0.15) is 16.1 Å². The van der Waals surface area contributed by atoms with Crippen LogP contribution in [-0.2, 0) is 6.42 Å². The van der Waals surface area contributed by atoms with E-state index in [9.17, 15) is 4.79 Å². The lowest BCUT2D eigenvalue weighted by Gasteiger charge is -2.03. The molecule has 1 aromatic heterocycles. The maximum absolute atomic E-state index is 11.7. The van der Waals surface area contributed by atoms with E-state index < -0.39 is 5.91 Å². The second kappa shape index (κ2) is 4.97. The third-order valence-electron chi connectivity index (χ3n) is 2.22. The zero-order chi connectivity index (χ0) is 13.0. The molecule has 2 aromatic rings. The summed E-state index contributed by atoms with van der Waals surface area (Å²) >= 11 is 0. The average Bonchev–Trinajstić information content (AvgIpc) is 2.78. The molecule has 0 saturated carbocycles. The van der Waals surface area contributed by atoms with Gasteiger partial charge in [-0.1, -0.05) is 12.1 Å². The number of amides is 1. The summed E-state index contributed by atoms with van der Waals surface area (Å²) in [6.45, 7) is 0. The van der Waals surface area contributed by atoms with Crippen molar-refractivity contribution in [2.45, 2.75) is 6.42 Å². The summed E-state index contributed by atoms with van der Waals surface area (Å²) in [5.41, 5.74) is 6.78. The highest BCUT2D eigenvalue weighted by Crippen LogP contribution is 2.12. The van der Waals surface area contributed by atoms with E-state index in [2.05, 4.69) is 20.3 Å². The quantitative estimate of drug-likeness (QED) is 0.829. The normalized spacial score (nSPS) is 9.72. The predicted molar refractivity (Wildman–Crippen MR) is 62.4 cm³/mol. The topological polar surface area (TPSA) is 118 Å². The minimum absolute atomic E-state index is 0.0592. The molecule has 0 saturated heterocycles. The van der Waals surface area contributed by atoms with Crippen LogP contribution in [0.2, 0.25) is 0 Å². The minimum atomic E-state index is -0.498. The molecule has 1 aromatic carbocycles. The summed E-state index contributed by atoms with van der Waals surface area (Å²) in [6.07, 6.45) is 0.328. The van der Waals surface area contributed by atoms with Gasteiger partial charge in [-0.25, -0.2) is 4.63 Å². The second-order valence-corrected chi connectivity index (χ2v) is 3.48. The van der Waals surface area contributed by atoms with Crippen LogP contribution in [0.3, 0.4) is 0 Å². The van der Waals surface area contributed by atoms with Crippen molar-refractivity contribution in [3.8, 4) is 6.07 Å². The Labute approximate surface area is 102 Å². The van der Waals surface area contributed by atoms with E-state index in [-0.39, 0.29) is 11.5 Å². The number of nitrogens with zero attached hydrogens (tertiary/aromatic N) is 3. The lowest BCUT2D eigenvalue weighted by atomic mass is 10.1. The van der Waals surface area contributed by atoms with Gasteiger partial charge in [-0.15, -0.1) is 0 Å². The maximum Gasteiger partial charge on any atom is 0.281 e. The number of hydrogen-bond donors (Lipinski definition) is 2. The molecule has 90 valence electrons. The fourth-order valence-electron chi connectivity index (χ4n) is 1.34. The Morgan fingerprint density at radius 1 is 1.39 bits per heavy atom. The Hall–Kier alpha value is -2.88. The average molecular weight is 243 g/mol. The van der Waals surface area contributed by atoms with Gasteiger partial charge in [0, 0.05) is 5.69 Å². The van der Waals surface area contributed by atoms with Crippen molar-refractivity contribution in [3.63, 3.8) is 0 Å². The number of anilines is 2. The van der Waals surface area contributed by atoms with E-state index in [1.165, 1.54) is 0 Å². The molecule has 0 bridgehead atoms. The van der Waals surface area contributed by atoms with Crippen LogP contribution in [0.5, 0.6) is 0 Å². The highest BCUT2D eigenvalue weighted by molar-refractivity contribution is 6.05. The lowest BCUT2D eigenvalue weighted by molar-refractivity contribution is 0.101. The van der Waals surface area contributed by atoms with Gasteiger partial charge in [-0.05, 0) is 28.0 Å². The van der Waals surface area contributed by atoms with Crippen molar-refractivity contribution in [1.29, 1.82) is 5.26 Å². The van der Waals surface area contributed by atoms with Gasteiger partial charge < -0.3 is 11.1 Å². The molecule has 1 heterocycles. The van der Waals surface area contributed by atoms with Gasteiger partial charge in [0.1, 0.15) is 0 Å². The van der Waals surface area contributed by atoms with Crippen molar-refractivity contribution >= 4 is 17.4 Å². The van der Waals surface area contributed by atoms with Crippen molar-refractivity contribution in [2.24, 2.45) is 0 Å². The summed E-state index contributed by atoms with van der Waals surface area (Å²) < 4.78 is 4.33. The standard InChI is InChI=1S/C11H9N5O2/c12-6-5-7-1-3-8(4-2-7)14-11(17)9-10(13)16-18-15-9/h1-4H,5H2,(H2,13,16)(H,14,17). The largest absolute Gasteiger partial charge is 0.379 e. The Morgan fingerprint density at radius 3 is 2.67 bits per heavy atom. The Morgan fingerprint density at radius 2 is 2.11 bits per heavy atom. The first kappa shape index (κ1) is 11.6. The van der Waals surface area contributed by atoms with E-state index >= 15 is 0 Å². The molecule has 3 N–H and O–H groups in total. The number of nitrogens with two attached hydrogens (primary N) is 1. The molecular formula is C11H9N5O2. The molecule has 0 aliphatic rings. The van der Waals surface area contributed by atoms with Gasteiger partial charge in [0.15, 0.2) is 0 Å². The maximum atomic E-state index is 11.7. The molecule has 0 unspecified atom stereocenters. The molecule has 7 nitrogen and oxygen atoms in total. The first-order valence-corrected chi connectivity index (χ1v) is 5.06. The third kappa shape index (κ3) is 2.44. The van der Waals surface area contributed by atoms with Crippen molar-refractivity contribution in [3.05, 3.63) is 35.5 Å². The fourth-order valence-corrected chi connectivity index (χ4v) is 1.34. The molecule has 0 spiro atoms. The van der Waals surface area contributed by atoms with Crippen LogP contribution in [0.4, 0.5) is 11.5 Å². The summed E-state index contributed by atoms with van der Waals surface area (Å²) in [6, 6.07) is 8.92. The highest BCUT2D eigenvalue weighted by atomic mass is 16.6. The SMILES string of the molecule is N#CCc1ccc(NC(=O)c2nonc2N)cc1. The van der Waals surface area contributed by atoms with E-state index in [0.29, 0.717) is 12.1 Å². The van der Waals surface area contributed by atoms with Crippen molar-refractivity contribution in [2.75, 3.05) is 11.1 Å². The first-order valence-electron chi connectivity index (χ1n) is 5.06. The summed E-state index contributed by atoms with van der Waals surface area (Å²) in [5, 5.41) is 17.8. The highest BCUT2D eigenvalue weighted by Gasteiger charge is 2.15. The van der Waals surface area contributed by atoms with E-state index in [0.717, 1.165) is 5.56 Å². The number of carbonyl (C=O) groups is 1. The minimum Gasteiger partial charge on any atom is -0.379 e. The molecule has 0 radical (unpaired) electrons. The van der Waals surface area contributed by atoms with Gasteiger partial charge in [-0.3, -0.25) is 4.79 Å². The number of rotatable bonds is 3.